The highest BCUT2D eigenvalue weighted by Crippen LogP contribution is 2.38. The molecule has 1 saturated heterocycles. The molecule has 1 fully saturated rings. The van der Waals surface area contributed by atoms with Crippen molar-refractivity contribution in [3.05, 3.63) is 0 Å². The Labute approximate surface area is 81.1 Å². The first kappa shape index (κ1) is 10.6. The molecule has 1 aliphatic heterocycles. The van der Waals surface area contributed by atoms with Crippen molar-refractivity contribution in [2.75, 3.05) is 6.54 Å². The van der Waals surface area contributed by atoms with E-state index in [2.05, 4.69) is 39.9 Å². The number of rotatable bonds is 1. The molecule has 0 aromatic heterocycles. The Bertz CT molecular complexity index is 213. The molecule has 1 rings (SSSR count). The maximum Gasteiger partial charge on any atom is 0.223 e. The number of amides is 1. The molecule has 1 aliphatic rings. The summed E-state index contributed by atoms with van der Waals surface area (Å²) in [5.74, 6) is 0.424. The van der Waals surface area contributed by atoms with Crippen LogP contribution in [0.3, 0.4) is 0 Å². The van der Waals surface area contributed by atoms with E-state index in [1.807, 2.05) is 0 Å². The summed E-state index contributed by atoms with van der Waals surface area (Å²) in [5.41, 5.74) is 0.369. The van der Waals surface area contributed by atoms with Gasteiger partial charge in [0, 0.05) is 12.5 Å². The van der Waals surface area contributed by atoms with Crippen molar-refractivity contribution in [2.45, 2.75) is 41.0 Å². The van der Waals surface area contributed by atoms with Gasteiger partial charge in [0.2, 0.25) is 5.91 Å². The third kappa shape index (κ3) is 2.45. The minimum atomic E-state index is 0.129. The van der Waals surface area contributed by atoms with E-state index in [4.69, 9.17) is 0 Å². The van der Waals surface area contributed by atoms with Crippen LogP contribution in [0.5, 0.6) is 0 Å². The van der Waals surface area contributed by atoms with Crippen LogP contribution in [0.4, 0.5) is 0 Å². The molecule has 76 valence electrons. The lowest BCUT2D eigenvalue weighted by Gasteiger charge is -2.29. The topological polar surface area (TPSA) is 29.1 Å². The summed E-state index contributed by atoms with van der Waals surface area (Å²) in [7, 11) is 0. The summed E-state index contributed by atoms with van der Waals surface area (Å²) < 4.78 is 0. The van der Waals surface area contributed by atoms with E-state index in [9.17, 15) is 4.79 Å². The lowest BCUT2D eigenvalue weighted by Crippen LogP contribution is -2.28. The van der Waals surface area contributed by atoms with Gasteiger partial charge in [0.25, 0.3) is 0 Å². The summed E-state index contributed by atoms with van der Waals surface area (Å²) in [5, 5.41) is 2.94. The average Bonchev–Trinajstić information content (AvgIpc) is 2.13. The van der Waals surface area contributed by atoms with Crippen LogP contribution in [0, 0.1) is 16.7 Å². The maximum atomic E-state index is 11.6. The van der Waals surface area contributed by atoms with Crippen LogP contribution in [0.15, 0.2) is 0 Å². The van der Waals surface area contributed by atoms with Crippen molar-refractivity contribution in [3.63, 3.8) is 0 Å². The molecular weight excluding hydrogens is 162 g/mol. The molecular formula is C11H21NO. The molecule has 0 bridgehead atoms. The Morgan fingerprint density at radius 1 is 1.46 bits per heavy atom. The standard InChI is InChI=1S/C11H21NO/c1-10(2,3)6-8-9(13)12-7-11(8,4)5/h8H,6-7H2,1-5H3,(H,12,13). The van der Waals surface area contributed by atoms with Gasteiger partial charge in [-0.2, -0.15) is 0 Å². The van der Waals surface area contributed by atoms with Crippen LogP contribution in [0.2, 0.25) is 0 Å². The predicted octanol–water partition coefficient (Wildman–Crippen LogP) is 2.19. The van der Waals surface area contributed by atoms with Crippen LogP contribution < -0.4 is 5.32 Å². The van der Waals surface area contributed by atoms with Crippen molar-refractivity contribution >= 4 is 5.91 Å². The zero-order valence-electron chi connectivity index (χ0n) is 9.40. The number of nitrogens with one attached hydrogen (secondary N) is 1. The largest absolute Gasteiger partial charge is 0.355 e. The predicted molar refractivity (Wildman–Crippen MR) is 54.4 cm³/mol. The van der Waals surface area contributed by atoms with Gasteiger partial charge >= 0.3 is 0 Å². The van der Waals surface area contributed by atoms with Gasteiger partial charge in [-0.25, -0.2) is 0 Å². The van der Waals surface area contributed by atoms with Crippen LogP contribution in [-0.4, -0.2) is 12.5 Å². The first-order chi connectivity index (χ1) is 5.72. The summed E-state index contributed by atoms with van der Waals surface area (Å²) >= 11 is 0. The van der Waals surface area contributed by atoms with Gasteiger partial charge in [-0.1, -0.05) is 34.6 Å². The van der Waals surface area contributed by atoms with Crippen LogP contribution >= 0.6 is 0 Å². The van der Waals surface area contributed by atoms with Gasteiger partial charge in [0.15, 0.2) is 0 Å². The molecule has 1 N–H and O–H groups in total. The molecule has 1 unspecified atom stereocenters. The molecule has 2 nitrogen and oxygen atoms in total. The number of carbonyl (C=O) groups is 1. The molecule has 0 aliphatic carbocycles. The first-order valence-electron chi connectivity index (χ1n) is 5.00. The van der Waals surface area contributed by atoms with Crippen molar-refractivity contribution in [3.8, 4) is 0 Å². The summed E-state index contributed by atoms with van der Waals surface area (Å²) in [4.78, 5) is 11.6. The Morgan fingerprint density at radius 2 is 2.00 bits per heavy atom. The van der Waals surface area contributed by atoms with Gasteiger partial charge in [-0.05, 0) is 17.3 Å². The van der Waals surface area contributed by atoms with Crippen molar-refractivity contribution in [1.82, 2.24) is 5.32 Å². The second kappa shape index (κ2) is 3.00. The lowest BCUT2D eigenvalue weighted by molar-refractivity contribution is -0.124. The molecule has 0 aromatic carbocycles. The number of hydrogen-bond donors (Lipinski definition) is 1. The highest BCUT2D eigenvalue weighted by Gasteiger charge is 2.42. The lowest BCUT2D eigenvalue weighted by atomic mass is 9.73. The van der Waals surface area contributed by atoms with Gasteiger partial charge in [0.05, 0.1) is 0 Å². The number of hydrogen-bond acceptors (Lipinski definition) is 1. The fourth-order valence-corrected chi connectivity index (χ4v) is 1.90. The van der Waals surface area contributed by atoms with Crippen LogP contribution in [0.25, 0.3) is 0 Å². The van der Waals surface area contributed by atoms with Crippen LogP contribution in [0.1, 0.15) is 41.0 Å². The maximum absolute atomic E-state index is 11.6. The molecule has 1 atom stereocenters. The fraction of sp³-hybridized carbons (Fsp3) is 0.909. The molecule has 2 heteroatoms. The Hall–Kier alpha value is -0.530. The zero-order valence-corrected chi connectivity index (χ0v) is 9.40. The molecule has 0 radical (unpaired) electrons. The van der Waals surface area contributed by atoms with Gasteiger partial charge in [0.1, 0.15) is 0 Å². The van der Waals surface area contributed by atoms with E-state index < -0.39 is 0 Å². The van der Waals surface area contributed by atoms with E-state index in [-0.39, 0.29) is 22.7 Å². The Balaban J connectivity index is 2.72. The molecule has 1 heterocycles. The summed E-state index contributed by atoms with van der Waals surface area (Å²) in [6.45, 7) is 11.7. The Morgan fingerprint density at radius 3 is 2.31 bits per heavy atom. The number of carbonyl (C=O) groups excluding carboxylic acids is 1. The molecule has 13 heavy (non-hydrogen) atoms. The minimum Gasteiger partial charge on any atom is -0.355 e. The molecule has 0 spiro atoms. The summed E-state index contributed by atoms with van der Waals surface area (Å²) in [6.07, 6.45) is 0.978. The second-order valence-corrected chi connectivity index (χ2v) is 6.02. The van der Waals surface area contributed by atoms with E-state index >= 15 is 0 Å². The second-order valence-electron chi connectivity index (χ2n) is 6.02. The quantitative estimate of drug-likeness (QED) is 0.663. The van der Waals surface area contributed by atoms with E-state index in [0.29, 0.717) is 0 Å². The SMILES string of the molecule is CC(C)(C)CC1C(=O)NCC1(C)C. The van der Waals surface area contributed by atoms with Crippen LogP contribution in [-0.2, 0) is 4.79 Å². The monoisotopic (exact) mass is 183 g/mol. The van der Waals surface area contributed by atoms with Gasteiger partial charge in [-0.15, -0.1) is 0 Å². The Kier molecular flexibility index (Phi) is 2.44. The van der Waals surface area contributed by atoms with Gasteiger partial charge < -0.3 is 5.32 Å². The van der Waals surface area contributed by atoms with E-state index in [1.54, 1.807) is 0 Å². The van der Waals surface area contributed by atoms with Crippen molar-refractivity contribution in [1.29, 1.82) is 0 Å². The fourth-order valence-electron chi connectivity index (χ4n) is 1.90. The normalized spacial score (nSPS) is 27.5. The zero-order chi connectivity index (χ0) is 10.3. The highest BCUT2D eigenvalue weighted by atomic mass is 16.2. The highest BCUT2D eigenvalue weighted by molar-refractivity contribution is 5.81. The molecule has 0 aromatic rings. The smallest absolute Gasteiger partial charge is 0.223 e. The third-order valence-electron chi connectivity index (χ3n) is 2.79. The van der Waals surface area contributed by atoms with Gasteiger partial charge in [-0.3, -0.25) is 4.79 Å². The van der Waals surface area contributed by atoms with Crippen molar-refractivity contribution in [2.24, 2.45) is 16.7 Å². The van der Waals surface area contributed by atoms with Crippen molar-refractivity contribution < 1.29 is 4.79 Å². The van der Waals surface area contributed by atoms with E-state index in [1.165, 1.54) is 0 Å². The summed E-state index contributed by atoms with van der Waals surface area (Å²) in [6, 6.07) is 0. The minimum absolute atomic E-state index is 0.129. The molecule has 0 saturated carbocycles. The average molecular weight is 183 g/mol. The van der Waals surface area contributed by atoms with E-state index in [0.717, 1.165) is 13.0 Å². The first-order valence-corrected chi connectivity index (χ1v) is 5.00. The third-order valence-corrected chi connectivity index (χ3v) is 2.79. The molecule has 1 amide bonds.